The van der Waals surface area contributed by atoms with E-state index >= 15 is 0 Å². The predicted molar refractivity (Wildman–Crippen MR) is 75.4 cm³/mol. The maximum atomic E-state index is 5.75. The van der Waals surface area contributed by atoms with Gasteiger partial charge < -0.3 is 15.2 Å². The summed E-state index contributed by atoms with van der Waals surface area (Å²) in [4.78, 5) is 0. The van der Waals surface area contributed by atoms with Crippen LogP contribution in [0.25, 0.3) is 0 Å². The molecule has 2 N–H and O–H groups in total. The fourth-order valence-electron chi connectivity index (χ4n) is 1.71. The SMILES string of the molecule is CCCOc1ccc(OCCC)c(CCCN)c1. The van der Waals surface area contributed by atoms with Gasteiger partial charge in [-0.1, -0.05) is 13.8 Å². The van der Waals surface area contributed by atoms with E-state index in [-0.39, 0.29) is 0 Å². The van der Waals surface area contributed by atoms with E-state index in [2.05, 4.69) is 19.9 Å². The molecule has 0 atom stereocenters. The lowest BCUT2D eigenvalue weighted by Crippen LogP contribution is -2.04. The molecule has 0 unspecified atom stereocenters. The molecule has 1 aromatic rings. The average Bonchev–Trinajstić information content (AvgIpc) is 2.41. The van der Waals surface area contributed by atoms with Crippen molar-refractivity contribution in [2.75, 3.05) is 19.8 Å². The van der Waals surface area contributed by atoms with Crippen molar-refractivity contribution in [2.24, 2.45) is 5.73 Å². The third kappa shape index (κ3) is 4.96. The van der Waals surface area contributed by atoms with Crippen LogP contribution in [-0.2, 0) is 6.42 Å². The first-order chi connectivity index (χ1) is 8.81. The Morgan fingerprint density at radius 1 is 1.06 bits per heavy atom. The second kappa shape index (κ2) is 8.81. The Morgan fingerprint density at radius 3 is 2.44 bits per heavy atom. The third-order valence-electron chi connectivity index (χ3n) is 2.62. The van der Waals surface area contributed by atoms with Gasteiger partial charge in [0, 0.05) is 0 Å². The Balaban J connectivity index is 2.74. The Bertz CT molecular complexity index is 339. The van der Waals surface area contributed by atoms with Crippen molar-refractivity contribution >= 4 is 0 Å². The number of hydrogen-bond donors (Lipinski definition) is 1. The van der Waals surface area contributed by atoms with E-state index in [0.29, 0.717) is 6.54 Å². The molecule has 1 rings (SSSR count). The van der Waals surface area contributed by atoms with Crippen LogP contribution >= 0.6 is 0 Å². The number of benzene rings is 1. The van der Waals surface area contributed by atoms with Crippen LogP contribution in [0.3, 0.4) is 0 Å². The Morgan fingerprint density at radius 2 is 1.78 bits per heavy atom. The number of ether oxygens (including phenoxy) is 2. The molecule has 0 heterocycles. The summed E-state index contributed by atoms with van der Waals surface area (Å²) >= 11 is 0. The number of nitrogens with two attached hydrogens (primary N) is 1. The van der Waals surface area contributed by atoms with Crippen molar-refractivity contribution in [2.45, 2.75) is 39.5 Å². The summed E-state index contributed by atoms with van der Waals surface area (Å²) in [7, 11) is 0. The van der Waals surface area contributed by atoms with Crippen molar-refractivity contribution in [3.8, 4) is 11.5 Å². The summed E-state index contributed by atoms with van der Waals surface area (Å²) in [5, 5.41) is 0. The molecule has 0 amide bonds. The van der Waals surface area contributed by atoms with Crippen LogP contribution in [-0.4, -0.2) is 19.8 Å². The molecular weight excluding hydrogens is 226 g/mol. The lowest BCUT2D eigenvalue weighted by Gasteiger charge is -2.13. The first-order valence-corrected chi connectivity index (χ1v) is 6.90. The van der Waals surface area contributed by atoms with Crippen LogP contribution in [0.15, 0.2) is 18.2 Å². The molecule has 0 aromatic heterocycles. The van der Waals surface area contributed by atoms with E-state index in [1.54, 1.807) is 0 Å². The first kappa shape index (κ1) is 14.8. The molecule has 1 aromatic carbocycles. The van der Waals surface area contributed by atoms with Gasteiger partial charge in [0.1, 0.15) is 11.5 Å². The predicted octanol–water partition coefficient (Wildman–Crippen LogP) is 3.16. The van der Waals surface area contributed by atoms with E-state index in [1.807, 2.05) is 12.1 Å². The highest BCUT2D eigenvalue weighted by molar-refractivity contribution is 5.40. The largest absolute Gasteiger partial charge is 0.494 e. The van der Waals surface area contributed by atoms with Gasteiger partial charge in [-0.3, -0.25) is 0 Å². The van der Waals surface area contributed by atoms with E-state index in [1.165, 1.54) is 5.56 Å². The van der Waals surface area contributed by atoms with E-state index < -0.39 is 0 Å². The minimum atomic E-state index is 0.702. The average molecular weight is 251 g/mol. The lowest BCUT2D eigenvalue weighted by molar-refractivity contribution is 0.305. The van der Waals surface area contributed by atoms with Gasteiger partial charge >= 0.3 is 0 Å². The molecule has 0 radical (unpaired) electrons. The number of aryl methyl sites for hydroxylation is 1. The van der Waals surface area contributed by atoms with Crippen LogP contribution in [0, 0.1) is 0 Å². The van der Waals surface area contributed by atoms with Crippen molar-refractivity contribution < 1.29 is 9.47 Å². The van der Waals surface area contributed by atoms with E-state index in [9.17, 15) is 0 Å². The van der Waals surface area contributed by atoms with Crippen molar-refractivity contribution in [1.29, 1.82) is 0 Å². The summed E-state index contributed by atoms with van der Waals surface area (Å²) in [5.74, 6) is 1.89. The highest BCUT2D eigenvalue weighted by Gasteiger charge is 2.06. The van der Waals surface area contributed by atoms with Gasteiger partial charge in [-0.15, -0.1) is 0 Å². The van der Waals surface area contributed by atoms with Crippen molar-refractivity contribution in [1.82, 2.24) is 0 Å². The smallest absolute Gasteiger partial charge is 0.122 e. The Labute approximate surface area is 110 Å². The van der Waals surface area contributed by atoms with Gasteiger partial charge in [-0.05, 0) is 56.0 Å². The molecule has 0 fully saturated rings. The van der Waals surface area contributed by atoms with Gasteiger partial charge in [-0.25, -0.2) is 0 Å². The highest BCUT2D eigenvalue weighted by atomic mass is 16.5. The van der Waals surface area contributed by atoms with E-state index in [4.69, 9.17) is 15.2 Å². The zero-order valence-electron chi connectivity index (χ0n) is 11.6. The molecule has 3 heteroatoms. The number of hydrogen-bond acceptors (Lipinski definition) is 3. The minimum Gasteiger partial charge on any atom is -0.494 e. The highest BCUT2D eigenvalue weighted by Crippen LogP contribution is 2.25. The third-order valence-corrected chi connectivity index (χ3v) is 2.62. The summed E-state index contributed by atoms with van der Waals surface area (Å²) < 4.78 is 11.4. The maximum absolute atomic E-state index is 5.75. The zero-order valence-corrected chi connectivity index (χ0v) is 11.6. The summed E-state index contributed by atoms with van der Waals surface area (Å²) in [6, 6.07) is 6.06. The van der Waals surface area contributed by atoms with Crippen molar-refractivity contribution in [3.63, 3.8) is 0 Å². The summed E-state index contributed by atoms with van der Waals surface area (Å²) in [5.41, 5.74) is 6.77. The monoisotopic (exact) mass is 251 g/mol. The molecule has 0 saturated carbocycles. The van der Waals surface area contributed by atoms with Crippen LogP contribution in [0.2, 0.25) is 0 Å². The van der Waals surface area contributed by atoms with Crippen LogP contribution < -0.4 is 15.2 Å². The van der Waals surface area contributed by atoms with Gasteiger partial charge in [0.15, 0.2) is 0 Å². The quantitative estimate of drug-likeness (QED) is 0.733. The van der Waals surface area contributed by atoms with Gasteiger partial charge in [0.2, 0.25) is 0 Å². The molecule has 0 aliphatic rings. The standard InChI is InChI=1S/C15H25NO2/c1-3-10-17-14-7-8-15(18-11-4-2)13(12-14)6-5-9-16/h7-8,12H,3-6,9-11,16H2,1-2H3. The normalized spacial score (nSPS) is 10.4. The molecule has 0 aliphatic heterocycles. The number of rotatable bonds is 9. The summed E-state index contributed by atoms with van der Waals surface area (Å²) in [6.07, 6.45) is 3.95. The molecule has 0 saturated heterocycles. The fraction of sp³-hybridized carbons (Fsp3) is 0.600. The Kier molecular flexibility index (Phi) is 7.26. The van der Waals surface area contributed by atoms with Gasteiger partial charge in [0.05, 0.1) is 13.2 Å². The molecule has 18 heavy (non-hydrogen) atoms. The fourth-order valence-corrected chi connectivity index (χ4v) is 1.71. The van der Waals surface area contributed by atoms with Crippen LogP contribution in [0.5, 0.6) is 11.5 Å². The van der Waals surface area contributed by atoms with Gasteiger partial charge in [-0.2, -0.15) is 0 Å². The molecule has 102 valence electrons. The maximum Gasteiger partial charge on any atom is 0.122 e. The van der Waals surface area contributed by atoms with Crippen LogP contribution in [0.4, 0.5) is 0 Å². The topological polar surface area (TPSA) is 44.5 Å². The molecule has 0 spiro atoms. The lowest BCUT2D eigenvalue weighted by atomic mass is 10.1. The second-order valence-corrected chi connectivity index (χ2v) is 4.36. The molecule has 0 bridgehead atoms. The van der Waals surface area contributed by atoms with Gasteiger partial charge in [0.25, 0.3) is 0 Å². The molecule has 0 aliphatic carbocycles. The first-order valence-electron chi connectivity index (χ1n) is 6.90. The molecular formula is C15H25NO2. The van der Waals surface area contributed by atoms with Crippen LogP contribution in [0.1, 0.15) is 38.7 Å². The second-order valence-electron chi connectivity index (χ2n) is 4.36. The minimum absolute atomic E-state index is 0.702. The zero-order chi connectivity index (χ0) is 13.2. The molecule has 3 nitrogen and oxygen atoms in total. The van der Waals surface area contributed by atoms with E-state index in [0.717, 1.165) is 50.4 Å². The van der Waals surface area contributed by atoms with Crippen molar-refractivity contribution in [3.05, 3.63) is 23.8 Å². The summed E-state index contributed by atoms with van der Waals surface area (Å²) in [6.45, 7) is 6.43. The Hall–Kier alpha value is -1.22.